The Morgan fingerprint density at radius 3 is 2.59 bits per heavy atom. The second-order valence-electron chi connectivity index (χ2n) is 9.62. The van der Waals surface area contributed by atoms with Gasteiger partial charge >= 0.3 is 12.1 Å². The van der Waals surface area contributed by atoms with Gasteiger partial charge in [0.15, 0.2) is 0 Å². The van der Waals surface area contributed by atoms with Crippen molar-refractivity contribution in [1.29, 1.82) is 0 Å². The standard InChI is InChI=1S/C26H30ClF3N4O5/c1-15-20(12-24(36)37)34(32-25(15)26(28,29)30)17-3-5-18(6-4-17)39-22-7-9-33(14-16(22)8-10-35)21-11-23(38-2)31-13-19(21)27/h3-6,11,13,15-16,20,22,35H,7-10,12,14H2,1-2H3,(H,36,37)/t15-,16?,20-,22?/m0/s1. The van der Waals surface area contributed by atoms with Crippen molar-refractivity contribution in [1.82, 2.24) is 4.98 Å². The fourth-order valence-electron chi connectivity index (χ4n) is 5.13. The highest BCUT2D eigenvalue weighted by atomic mass is 35.5. The Balaban J connectivity index is 1.49. The number of halogens is 4. The van der Waals surface area contributed by atoms with E-state index in [1.54, 1.807) is 30.3 Å². The molecule has 13 heteroatoms. The SMILES string of the molecule is COc1cc(N2CCC(Oc3ccc(N4N=C(C(F)(F)F)[C@@H](C)[C@@H]4CC(=O)O)cc3)C(CCO)C2)c(Cl)cn1. The maximum atomic E-state index is 13.5. The Morgan fingerprint density at radius 1 is 1.26 bits per heavy atom. The molecule has 0 saturated carbocycles. The monoisotopic (exact) mass is 570 g/mol. The van der Waals surface area contributed by atoms with Gasteiger partial charge in [0.25, 0.3) is 0 Å². The number of alkyl halides is 3. The first-order chi connectivity index (χ1) is 18.5. The highest BCUT2D eigenvalue weighted by molar-refractivity contribution is 6.33. The van der Waals surface area contributed by atoms with Crippen molar-refractivity contribution in [2.45, 2.75) is 44.5 Å². The first-order valence-electron chi connectivity index (χ1n) is 12.5. The van der Waals surface area contributed by atoms with Gasteiger partial charge in [-0.1, -0.05) is 18.5 Å². The van der Waals surface area contributed by atoms with Crippen LogP contribution < -0.4 is 19.4 Å². The zero-order valence-corrected chi connectivity index (χ0v) is 22.2. The summed E-state index contributed by atoms with van der Waals surface area (Å²) < 4.78 is 51.9. The Hall–Kier alpha value is -3.25. The van der Waals surface area contributed by atoms with Crippen LogP contribution in [0.5, 0.6) is 11.6 Å². The number of nitrogens with zero attached hydrogens (tertiary/aromatic N) is 4. The van der Waals surface area contributed by atoms with Crippen LogP contribution in [0, 0.1) is 11.8 Å². The third kappa shape index (κ3) is 6.50. The number of aliphatic hydroxyl groups excluding tert-OH is 1. The molecule has 2 aliphatic rings. The van der Waals surface area contributed by atoms with Gasteiger partial charge < -0.3 is 24.6 Å². The smallest absolute Gasteiger partial charge is 0.431 e. The number of aromatic nitrogens is 1. The van der Waals surface area contributed by atoms with Gasteiger partial charge in [-0.2, -0.15) is 18.3 Å². The molecule has 0 bridgehead atoms. The molecule has 4 atom stereocenters. The molecule has 212 valence electrons. The molecule has 2 N–H and O–H groups in total. The maximum Gasteiger partial charge on any atom is 0.431 e. The molecule has 2 aromatic rings. The normalized spacial score (nSPS) is 23.5. The third-order valence-electron chi connectivity index (χ3n) is 7.12. The lowest BCUT2D eigenvalue weighted by Crippen LogP contribution is -2.46. The number of anilines is 2. The summed E-state index contributed by atoms with van der Waals surface area (Å²) in [7, 11) is 1.53. The number of rotatable bonds is 9. The number of carboxylic acid groups (broad SMARTS) is 1. The molecule has 9 nitrogen and oxygen atoms in total. The van der Waals surface area contributed by atoms with Crippen LogP contribution in [0.15, 0.2) is 41.6 Å². The molecule has 1 saturated heterocycles. The highest BCUT2D eigenvalue weighted by Crippen LogP contribution is 2.38. The van der Waals surface area contributed by atoms with Gasteiger partial charge in [0.2, 0.25) is 5.88 Å². The average Bonchev–Trinajstić information content (AvgIpc) is 3.22. The molecule has 0 aliphatic carbocycles. The lowest BCUT2D eigenvalue weighted by molar-refractivity contribution is -0.137. The van der Waals surface area contributed by atoms with Gasteiger partial charge in [-0.3, -0.25) is 9.80 Å². The predicted molar refractivity (Wildman–Crippen MR) is 140 cm³/mol. The summed E-state index contributed by atoms with van der Waals surface area (Å²) in [6, 6.07) is 7.19. The van der Waals surface area contributed by atoms with Crippen LogP contribution >= 0.6 is 11.6 Å². The number of ether oxygens (including phenoxy) is 2. The number of carbonyl (C=O) groups is 1. The van der Waals surface area contributed by atoms with Crippen molar-refractivity contribution in [2.24, 2.45) is 16.9 Å². The Morgan fingerprint density at radius 2 is 1.97 bits per heavy atom. The fourth-order valence-corrected chi connectivity index (χ4v) is 5.35. The first kappa shape index (κ1) is 28.8. The molecule has 0 radical (unpaired) electrons. The second-order valence-corrected chi connectivity index (χ2v) is 10.0. The van der Waals surface area contributed by atoms with Gasteiger partial charge in [-0.15, -0.1) is 0 Å². The van der Waals surface area contributed by atoms with Crippen molar-refractivity contribution in [2.75, 3.05) is 36.7 Å². The highest BCUT2D eigenvalue weighted by Gasteiger charge is 2.48. The van der Waals surface area contributed by atoms with Crippen LogP contribution in [0.3, 0.4) is 0 Å². The predicted octanol–water partition coefficient (Wildman–Crippen LogP) is 4.62. The lowest BCUT2D eigenvalue weighted by atomic mass is 9.91. The van der Waals surface area contributed by atoms with Gasteiger partial charge in [-0.25, -0.2) is 4.98 Å². The van der Waals surface area contributed by atoms with E-state index in [2.05, 4.69) is 15.0 Å². The zero-order chi connectivity index (χ0) is 28.3. The number of methoxy groups -OCH3 is 1. The fraction of sp³-hybridized carbons (Fsp3) is 0.500. The first-order valence-corrected chi connectivity index (χ1v) is 12.9. The second kappa shape index (κ2) is 11.9. The van der Waals surface area contributed by atoms with Gasteiger partial charge in [0, 0.05) is 44.0 Å². The molecule has 3 heterocycles. The van der Waals surface area contributed by atoms with E-state index in [1.807, 2.05) is 0 Å². The molecular weight excluding hydrogens is 541 g/mol. The number of piperidine rings is 1. The Kier molecular flexibility index (Phi) is 8.75. The van der Waals surface area contributed by atoms with Crippen molar-refractivity contribution in [3.63, 3.8) is 0 Å². The topological polar surface area (TPSA) is 108 Å². The summed E-state index contributed by atoms with van der Waals surface area (Å²) in [5, 5.41) is 24.3. The minimum atomic E-state index is -4.66. The van der Waals surface area contributed by atoms with E-state index in [9.17, 15) is 28.2 Å². The van der Waals surface area contributed by atoms with E-state index in [0.717, 1.165) is 10.7 Å². The molecule has 1 aromatic carbocycles. The Labute approximate surface area is 228 Å². The number of benzene rings is 1. The van der Waals surface area contributed by atoms with E-state index in [1.165, 1.54) is 20.2 Å². The summed E-state index contributed by atoms with van der Waals surface area (Å²) in [5.41, 5.74) is 0.117. The maximum absolute atomic E-state index is 13.5. The van der Waals surface area contributed by atoms with Gasteiger partial charge in [0.1, 0.15) is 17.6 Å². The minimum Gasteiger partial charge on any atom is -0.490 e. The molecule has 2 aliphatic heterocycles. The molecular formula is C26H30ClF3N4O5. The van der Waals surface area contributed by atoms with Crippen LogP contribution in [0.2, 0.25) is 5.02 Å². The summed E-state index contributed by atoms with van der Waals surface area (Å²) in [6.07, 6.45) is -2.70. The van der Waals surface area contributed by atoms with E-state index in [0.29, 0.717) is 48.3 Å². The summed E-state index contributed by atoms with van der Waals surface area (Å²) >= 11 is 6.38. The van der Waals surface area contributed by atoms with E-state index in [-0.39, 0.29) is 18.6 Å². The number of hydrazone groups is 1. The average molecular weight is 571 g/mol. The van der Waals surface area contributed by atoms with Crippen molar-refractivity contribution in [3.8, 4) is 11.6 Å². The molecule has 4 rings (SSSR count). The van der Waals surface area contributed by atoms with Crippen LogP contribution in [0.4, 0.5) is 24.5 Å². The summed E-state index contributed by atoms with van der Waals surface area (Å²) in [4.78, 5) is 17.6. The van der Waals surface area contributed by atoms with E-state index >= 15 is 0 Å². The quantitative estimate of drug-likeness (QED) is 0.450. The molecule has 1 fully saturated rings. The zero-order valence-electron chi connectivity index (χ0n) is 21.4. The number of pyridine rings is 1. The Bertz CT molecular complexity index is 1200. The number of aliphatic carboxylic acids is 1. The van der Waals surface area contributed by atoms with E-state index < -0.39 is 36.2 Å². The third-order valence-corrected chi connectivity index (χ3v) is 7.42. The van der Waals surface area contributed by atoms with Crippen LogP contribution in [-0.4, -0.2) is 72.0 Å². The van der Waals surface area contributed by atoms with Crippen LogP contribution in [-0.2, 0) is 4.79 Å². The molecule has 2 unspecified atom stereocenters. The number of aliphatic hydroxyl groups is 1. The van der Waals surface area contributed by atoms with Crippen LogP contribution in [0.25, 0.3) is 0 Å². The molecule has 1 aromatic heterocycles. The van der Waals surface area contributed by atoms with Crippen LogP contribution in [0.1, 0.15) is 26.2 Å². The number of hydrogen-bond acceptors (Lipinski definition) is 8. The summed E-state index contributed by atoms with van der Waals surface area (Å²) in [6.45, 7) is 2.52. The minimum absolute atomic E-state index is 0.0254. The molecule has 0 spiro atoms. The van der Waals surface area contributed by atoms with Gasteiger partial charge in [-0.05, 0) is 30.7 Å². The molecule has 39 heavy (non-hydrogen) atoms. The van der Waals surface area contributed by atoms with Crippen molar-refractivity contribution in [3.05, 3.63) is 41.6 Å². The van der Waals surface area contributed by atoms with Crippen molar-refractivity contribution >= 4 is 34.7 Å². The van der Waals surface area contributed by atoms with E-state index in [4.69, 9.17) is 21.1 Å². The lowest BCUT2D eigenvalue weighted by Gasteiger charge is -2.40. The van der Waals surface area contributed by atoms with Gasteiger partial charge in [0.05, 0.1) is 42.2 Å². The largest absolute Gasteiger partial charge is 0.490 e. The number of carboxylic acids is 1. The van der Waals surface area contributed by atoms with Crippen molar-refractivity contribution < 1.29 is 37.7 Å². The number of hydrogen-bond donors (Lipinski definition) is 2. The summed E-state index contributed by atoms with van der Waals surface area (Å²) in [5.74, 6) is -1.39. The molecule has 0 amide bonds.